The molecule has 1 aromatic rings. The molecule has 0 amide bonds. The van der Waals surface area contributed by atoms with Crippen molar-refractivity contribution in [3.63, 3.8) is 0 Å². The van der Waals surface area contributed by atoms with Gasteiger partial charge in [0, 0.05) is 18.3 Å². The van der Waals surface area contributed by atoms with Gasteiger partial charge in [0.2, 0.25) is 0 Å². The van der Waals surface area contributed by atoms with E-state index in [1.54, 1.807) is 0 Å². The van der Waals surface area contributed by atoms with Crippen molar-refractivity contribution in [2.75, 3.05) is 6.54 Å². The van der Waals surface area contributed by atoms with Crippen LogP contribution >= 0.6 is 0 Å². The summed E-state index contributed by atoms with van der Waals surface area (Å²) in [6, 6.07) is 2.05. The molecular formula is C18H32N2O. The van der Waals surface area contributed by atoms with E-state index in [1.807, 2.05) is 18.5 Å². The zero-order valence-corrected chi connectivity index (χ0v) is 14.2. The average molecular weight is 292 g/mol. The van der Waals surface area contributed by atoms with Crippen LogP contribution in [-0.4, -0.2) is 17.6 Å². The van der Waals surface area contributed by atoms with Gasteiger partial charge in [-0.3, -0.25) is 4.98 Å². The monoisotopic (exact) mass is 292 g/mol. The Kier molecular flexibility index (Phi) is 9.07. The fourth-order valence-electron chi connectivity index (χ4n) is 2.29. The van der Waals surface area contributed by atoms with Crippen molar-refractivity contribution < 1.29 is 4.74 Å². The SMILES string of the molecule is CCCCCCC(C)Oc1cnccc1CNCC(C)C. The van der Waals surface area contributed by atoms with E-state index in [0.717, 1.165) is 25.3 Å². The highest BCUT2D eigenvalue weighted by Crippen LogP contribution is 2.19. The number of hydrogen-bond acceptors (Lipinski definition) is 3. The maximum Gasteiger partial charge on any atom is 0.142 e. The number of ether oxygens (including phenoxy) is 1. The Morgan fingerprint density at radius 1 is 1.19 bits per heavy atom. The minimum Gasteiger partial charge on any atom is -0.489 e. The minimum absolute atomic E-state index is 0.259. The second-order valence-electron chi connectivity index (χ2n) is 6.29. The maximum atomic E-state index is 6.08. The highest BCUT2D eigenvalue weighted by Gasteiger charge is 2.08. The highest BCUT2D eigenvalue weighted by atomic mass is 16.5. The Labute approximate surface area is 130 Å². The van der Waals surface area contributed by atoms with Crippen LogP contribution in [-0.2, 0) is 6.54 Å². The van der Waals surface area contributed by atoms with Gasteiger partial charge in [-0.25, -0.2) is 0 Å². The zero-order chi connectivity index (χ0) is 15.5. The summed E-state index contributed by atoms with van der Waals surface area (Å²) < 4.78 is 6.08. The van der Waals surface area contributed by atoms with E-state index in [9.17, 15) is 0 Å². The molecule has 1 aromatic heterocycles. The van der Waals surface area contributed by atoms with Crippen LogP contribution in [0.25, 0.3) is 0 Å². The molecule has 0 aromatic carbocycles. The average Bonchev–Trinajstić information content (AvgIpc) is 2.45. The molecule has 120 valence electrons. The van der Waals surface area contributed by atoms with Crippen molar-refractivity contribution in [3.05, 3.63) is 24.0 Å². The summed E-state index contributed by atoms with van der Waals surface area (Å²) in [7, 11) is 0. The number of unbranched alkanes of at least 4 members (excludes halogenated alkanes) is 3. The molecule has 3 nitrogen and oxygen atoms in total. The molecule has 0 aliphatic rings. The summed E-state index contributed by atoms with van der Waals surface area (Å²) >= 11 is 0. The number of aromatic nitrogens is 1. The standard InChI is InChI=1S/C18H32N2O/c1-5-6-7-8-9-16(4)21-18-14-19-11-10-17(18)13-20-12-15(2)3/h10-11,14-16,20H,5-9,12-13H2,1-4H3. The van der Waals surface area contributed by atoms with Crippen molar-refractivity contribution in [2.45, 2.75) is 72.4 Å². The number of hydrogen-bond donors (Lipinski definition) is 1. The molecule has 1 rings (SSSR count). The van der Waals surface area contributed by atoms with Gasteiger partial charge in [-0.1, -0.05) is 40.0 Å². The second kappa shape index (κ2) is 10.6. The summed E-state index contributed by atoms with van der Waals surface area (Å²) in [4.78, 5) is 4.20. The van der Waals surface area contributed by atoms with Gasteiger partial charge in [0.1, 0.15) is 5.75 Å². The summed E-state index contributed by atoms with van der Waals surface area (Å²) in [6.45, 7) is 10.7. The van der Waals surface area contributed by atoms with E-state index in [0.29, 0.717) is 5.92 Å². The first-order valence-electron chi connectivity index (χ1n) is 8.43. The maximum absolute atomic E-state index is 6.08. The first kappa shape index (κ1) is 18.0. The first-order chi connectivity index (χ1) is 10.1. The quantitative estimate of drug-likeness (QED) is 0.607. The molecule has 1 unspecified atom stereocenters. The van der Waals surface area contributed by atoms with Gasteiger partial charge in [0.15, 0.2) is 0 Å². The molecule has 0 aliphatic carbocycles. The van der Waals surface area contributed by atoms with Crippen molar-refractivity contribution in [1.82, 2.24) is 10.3 Å². The minimum atomic E-state index is 0.259. The summed E-state index contributed by atoms with van der Waals surface area (Å²) in [6.07, 6.45) is 10.2. The molecule has 1 heterocycles. The Morgan fingerprint density at radius 3 is 2.71 bits per heavy atom. The van der Waals surface area contributed by atoms with E-state index in [4.69, 9.17) is 4.74 Å². The lowest BCUT2D eigenvalue weighted by Gasteiger charge is -2.17. The molecule has 3 heteroatoms. The van der Waals surface area contributed by atoms with E-state index >= 15 is 0 Å². The van der Waals surface area contributed by atoms with E-state index in [1.165, 1.54) is 31.2 Å². The molecular weight excluding hydrogens is 260 g/mol. The number of rotatable bonds is 11. The number of nitrogens with one attached hydrogen (secondary N) is 1. The molecule has 0 bridgehead atoms. The third-order valence-electron chi connectivity index (χ3n) is 3.53. The lowest BCUT2D eigenvalue weighted by molar-refractivity contribution is 0.203. The van der Waals surface area contributed by atoms with E-state index < -0.39 is 0 Å². The molecule has 21 heavy (non-hydrogen) atoms. The third-order valence-corrected chi connectivity index (χ3v) is 3.53. The predicted octanol–water partition coefficient (Wildman–Crippen LogP) is 4.56. The van der Waals surface area contributed by atoms with Gasteiger partial charge in [-0.15, -0.1) is 0 Å². The highest BCUT2D eigenvalue weighted by molar-refractivity contribution is 5.29. The van der Waals surface area contributed by atoms with Crippen molar-refractivity contribution in [3.8, 4) is 5.75 Å². The lowest BCUT2D eigenvalue weighted by Crippen LogP contribution is -2.20. The molecule has 0 radical (unpaired) electrons. The Balaban J connectivity index is 2.42. The topological polar surface area (TPSA) is 34.1 Å². The van der Waals surface area contributed by atoms with E-state index in [2.05, 4.69) is 38.0 Å². The fraction of sp³-hybridized carbons (Fsp3) is 0.722. The van der Waals surface area contributed by atoms with Crippen molar-refractivity contribution in [2.24, 2.45) is 5.92 Å². The van der Waals surface area contributed by atoms with Crippen LogP contribution in [0.3, 0.4) is 0 Å². The van der Waals surface area contributed by atoms with Crippen LogP contribution in [0.2, 0.25) is 0 Å². The normalized spacial score (nSPS) is 12.6. The van der Waals surface area contributed by atoms with Crippen LogP contribution in [0.15, 0.2) is 18.5 Å². The molecule has 0 saturated carbocycles. The van der Waals surface area contributed by atoms with Gasteiger partial charge in [-0.2, -0.15) is 0 Å². The van der Waals surface area contributed by atoms with Gasteiger partial charge in [0.25, 0.3) is 0 Å². The molecule has 0 fully saturated rings. The first-order valence-corrected chi connectivity index (χ1v) is 8.43. The van der Waals surface area contributed by atoms with Crippen LogP contribution in [0, 0.1) is 5.92 Å². The molecule has 1 atom stereocenters. The summed E-state index contributed by atoms with van der Waals surface area (Å²) in [5.74, 6) is 1.59. The predicted molar refractivity (Wildman–Crippen MR) is 89.6 cm³/mol. The molecule has 0 saturated heterocycles. The summed E-state index contributed by atoms with van der Waals surface area (Å²) in [5.41, 5.74) is 1.20. The van der Waals surface area contributed by atoms with Gasteiger partial charge in [-0.05, 0) is 38.3 Å². The Morgan fingerprint density at radius 2 is 2.00 bits per heavy atom. The number of pyridine rings is 1. The second-order valence-corrected chi connectivity index (χ2v) is 6.29. The largest absolute Gasteiger partial charge is 0.489 e. The number of nitrogens with zero attached hydrogens (tertiary/aromatic N) is 1. The molecule has 0 spiro atoms. The Bertz CT molecular complexity index is 379. The van der Waals surface area contributed by atoms with Crippen LogP contribution < -0.4 is 10.1 Å². The summed E-state index contributed by atoms with van der Waals surface area (Å²) in [5, 5.41) is 3.47. The van der Waals surface area contributed by atoms with Gasteiger partial charge in [0.05, 0.1) is 12.3 Å². The lowest BCUT2D eigenvalue weighted by atomic mass is 10.1. The van der Waals surface area contributed by atoms with E-state index in [-0.39, 0.29) is 6.10 Å². The van der Waals surface area contributed by atoms with Gasteiger partial charge >= 0.3 is 0 Å². The molecule has 1 N–H and O–H groups in total. The van der Waals surface area contributed by atoms with Crippen molar-refractivity contribution in [1.29, 1.82) is 0 Å². The van der Waals surface area contributed by atoms with Crippen LogP contribution in [0.5, 0.6) is 5.75 Å². The smallest absolute Gasteiger partial charge is 0.142 e. The van der Waals surface area contributed by atoms with Crippen molar-refractivity contribution >= 4 is 0 Å². The Hall–Kier alpha value is -1.09. The third kappa shape index (κ3) is 8.05. The fourth-order valence-corrected chi connectivity index (χ4v) is 2.29. The van der Waals surface area contributed by atoms with Crippen LogP contribution in [0.4, 0.5) is 0 Å². The van der Waals surface area contributed by atoms with Crippen LogP contribution in [0.1, 0.15) is 65.4 Å². The molecule has 0 aliphatic heterocycles. The zero-order valence-electron chi connectivity index (χ0n) is 14.2. The van der Waals surface area contributed by atoms with Gasteiger partial charge < -0.3 is 10.1 Å².